The number of carbonyl (C=O) groups excluding carboxylic acids is 2. The van der Waals surface area contributed by atoms with Crippen molar-refractivity contribution in [3.05, 3.63) is 12.3 Å². The van der Waals surface area contributed by atoms with Gasteiger partial charge in [-0.15, -0.1) is 0 Å². The summed E-state index contributed by atoms with van der Waals surface area (Å²) in [5.41, 5.74) is 0. The standard InChI is InChI=1S/C24H44O5.Na.H/c1-4-7-8-9-10-11-12-13-14-15-19-28-23(26)17-18-24(27)29-20-21(6-3)22(25)16-5-2;;/h15,19,21-22,25H,4-14,16-18,20H2,1-3H3;;. The number of allylic oxidation sites excluding steroid dienone is 1. The van der Waals surface area contributed by atoms with E-state index in [0.717, 1.165) is 25.7 Å². The summed E-state index contributed by atoms with van der Waals surface area (Å²) in [5.74, 6) is -0.899. The summed E-state index contributed by atoms with van der Waals surface area (Å²) < 4.78 is 10.2. The zero-order valence-corrected chi connectivity index (χ0v) is 19.0. The number of hydrogen-bond acceptors (Lipinski definition) is 5. The first kappa shape index (κ1) is 31.8. The summed E-state index contributed by atoms with van der Waals surface area (Å²) in [6.45, 7) is 6.41. The molecule has 0 amide bonds. The van der Waals surface area contributed by atoms with Crippen molar-refractivity contribution >= 4 is 41.5 Å². The maximum absolute atomic E-state index is 11.8. The van der Waals surface area contributed by atoms with E-state index in [4.69, 9.17) is 9.47 Å². The van der Waals surface area contributed by atoms with Crippen molar-refractivity contribution in [2.24, 2.45) is 5.92 Å². The van der Waals surface area contributed by atoms with Crippen LogP contribution in [0.2, 0.25) is 0 Å². The van der Waals surface area contributed by atoms with E-state index in [1.165, 1.54) is 51.2 Å². The summed E-state index contributed by atoms with van der Waals surface area (Å²) in [6.07, 6.45) is 16.3. The van der Waals surface area contributed by atoms with Crippen LogP contribution >= 0.6 is 0 Å². The molecule has 0 fully saturated rings. The molecule has 0 aromatic rings. The van der Waals surface area contributed by atoms with E-state index in [1.54, 1.807) is 0 Å². The molecule has 5 nitrogen and oxygen atoms in total. The monoisotopic (exact) mass is 436 g/mol. The van der Waals surface area contributed by atoms with E-state index in [0.29, 0.717) is 6.42 Å². The van der Waals surface area contributed by atoms with Crippen LogP contribution < -0.4 is 0 Å². The first-order valence-electron chi connectivity index (χ1n) is 11.7. The summed E-state index contributed by atoms with van der Waals surface area (Å²) in [4.78, 5) is 23.5. The molecule has 30 heavy (non-hydrogen) atoms. The Morgan fingerprint density at radius 2 is 1.47 bits per heavy atom. The Bertz CT molecular complexity index is 439. The molecule has 0 aromatic carbocycles. The first-order valence-corrected chi connectivity index (χ1v) is 11.7. The van der Waals surface area contributed by atoms with Crippen LogP contribution in [0.25, 0.3) is 0 Å². The predicted octanol–water partition coefficient (Wildman–Crippen LogP) is 5.44. The van der Waals surface area contributed by atoms with Crippen molar-refractivity contribution in [3.8, 4) is 0 Å². The summed E-state index contributed by atoms with van der Waals surface area (Å²) in [7, 11) is 0. The van der Waals surface area contributed by atoms with E-state index in [-0.39, 0.29) is 54.9 Å². The minimum atomic E-state index is -0.450. The average molecular weight is 437 g/mol. The van der Waals surface area contributed by atoms with Gasteiger partial charge in [-0.2, -0.15) is 0 Å². The Balaban J connectivity index is 0. The molecular weight excluding hydrogens is 391 g/mol. The molecule has 0 saturated carbocycles. The van der Waals surface area contributed by atoms with Gasteiger partial charge in [-0.1, -0.05) is 72.1 Å². The second-order valence-corrected chi connectivity index (χ2v) is 7.83. The fourth-order valence-corrected chi connectivity index (χ4v) is 3.16. The van der Waals surface area contributed by atoms with Gasteiger partial charge in [0.15, 0.2) is 0 Å². The zero-order valence-electron chi connectivity index (χ0n) is 19.0. The van der Waals surface area contributed by atoms with Gasteiger partial charge in [0.2, 0.25) is 0 Å². The molecule has 0 heterocycles. The number of unbranched alkanes of at least 4 members (excludes halogenated alkanes) is 8. The molecule has 0 saturated heterocycles. The number of aliphatic hydroxyl groups excluding tert-OH is 1. The average Bonchev–Trinajstić information content (AvgIpc) is 2.71. The number of aliphatic hydroxyl groups is 1. The van der Waals surface area contributed by atoms with Crippen LogP contribution in [0.1, 0.15) is 111 Å². The second-order valence-electron chi connectivity index (χ2n) is 7.83. The molecule has 0 rings (SSSR count). The van der Waals surface area contributed by atoms with Crippen molar-refractivity contribution in [2.75, 3.05) is 6.61 Å². The van der Waals surface area contributed by atoms with Crippen LogP contribution in [-0.2, 0) is 19.1 Å². The molecule has 0 spiro atoms. The minimum absolute atomic E-state index is 0. The fraction of sp³-hybridized carbons (Fsp3) is 0.833. The second kappa shape index (κ2) is 23.3. The molecule has 0 aliphatic rings. The maximum atomic E-state index is 11.8. The van der Waals surface area contributed by atoms with E-state index in [2.05, 4.69) is 6.92 Å². The normalized spacial score (nSPS) is 12.9. The Morgan fingerprint density at radius 3 is 2.07 bits per heavy atom. The van der Waals surface area contributed by atoms with Crippen molar-refractivity contribution < 1.29 is 24.2 Å². The van der Waals surface area contributed by atoms with E-state index >= 15 is 0 Å². The number of carbonyl (C=O) groups is 2. The Labute approximate surface area is 206 Å². The summed E-state index contributed by atoms with van der Waals surface area (Å²) in [6, 6.07) is 0. The Hall–Kier alpha value is -0.360. The van der Waals surface area contributed by atoms with E-state index in [1.807, 2.05) is 19.9 Å². The van der Waals surface area contributed by atoms with Gasteiger partial charge in [0.1, 0.15) is 0 Å². The van der Waals surface area contributed by atoms with Crippen LogP contribution in [-0.4, -0.2) is 59.3 Å². The van der Waals surface area contributed by atoms with Crippen molar-refractivity contribution in [2.45, 2.75) is 117 Å². The predicted molar refractivity (Wildman–Crippen MR) is 124 cm³/mol. The Kier molecular flexibility index (Phi) is 24.7. The van der Waals surface area contributed by atoms with Gasteiger partial charge in [-0.25, -0.2) is 0 Å². The molecule has 0 aliphatic carbocycles. The zero-order chi connectivity index (χ0) is 21.7. The van der Waals surface area contributed by atoms with Gasteiger partial charge in [0.05, 0.1) is 31.8 Å². The van der Waals surface area contributed by atoms with Crippen LogP contribution in [0.5, 0.6) is 0 Å². The molecule has 172 valence electrons. The molecule has 6 heteroatoms. The van der Waals surface area contributed by atoms with Gasteiger partial charge in [-0.05, 0) is 31.8 Å². The van der Waals surface area contributed by atoms with Crippen molar-refractivity contribution in [1.82, 2.24) is 0 Å². The van der Waals surface area contributed by atoms with E-state index in [9.17, 15) is 14.7 Å². The molecule has 0 aliphatic heterocycles. The van der Waals surface area contributed by atoms with Crippen molar-refractivity contribution in [3.63, 3.8) is 0 Å². The van der Waals surface area contributed by atoms with Gasteiger partial charge < -0.3 is 14.6 Å². The molecule has 0 bridgehead atoms. The third-order valence-electron chi connectivity index (χ3n) is 5.16. The topological polar surface area (TPSA) is 72.8 Å². The molecule has 2 unspecified atom stereocenters. The summed E-state index contributed by atoms with van der Waals surface area (Å²) >= 11 is 0. The van der Waals surface area contributed by atoms with Gasteiger partial charge >= 0.3 is 41.5 Å². The molecule has 2 atom stereocenters. The molecule has 1 N–H and O–H groups in total. The number of ether oxygens (including phenoxy) is 2. The molecular formula is C24H45NaO5. The Morgan fingerprint density at radius 1 is 0.867 bits per heavy atom. The van der Waals surface area contributed by atoms with Crippen LogP contribution in [0, 0.1) is 5.92 Å². The quantitative estimate of drug-likeness (QED) is 0.126. The fourth-order valence-electron chi connectivity index (χ4n) is 3.16. The number of rotatable bonds is 19. The number of esters is 2. The third kappa shape index (κ3) is 19.6. The summed E-state index contributed by atoms with van der Waals surface area (Å²) in [5, 5.41) is 10.00. The third-order valence-corrected chi connectivity index (χ3v) is 5.16. The van der Waals surface area contributed by atoms with Crippen LogP contribution in [0.15, 0.2) is 12.3 Å². The van der Waals surface area contributed by atoms with Gasteiger partial charge in [-0.3, -0.25) is 9.59 Å². The SMILES string of the molecule is CCCCCCCCCCC=COC(=O)CCC(=O)OCC(CC)C(O)CCC.[NaH]. The van der Waals surface area contributed by atoms with Gasteiger partial charge in [0, 0.05) is 5.92 Å². The van der Waals surface area contributed by atoms with Crippen LogP contribution in [0.3, 0.4) is 0 Å². The first-order chi connectivity index (χ1) is 14.0. The van der Waals surface area contributed by atoms with Crippen molar-refractivity contribution in [1.29, 1.82) is 0 Å². The molecule has 0 aromatic heterocycles. The van der Waals surface area contributed by atoms with E-state index < -0.39 is 18.0 Å². The molecule has 0 radical (unpaired) electrons. The number of hydrogen-bond donors (Lipinski definition) is 1. The van der Waals surface area contributed by atoms with Crippen LogP contribution in [0.4, 0.5) is 0 Å². The van der Waals surface area contributed by atoms with Gasteiger partial charge in [0.25, 0.3) is 0 Å².